The standard InChI is InChI=1S/C8H18O2Si.C7H16O2Si/c1-4-11(9-2,10-3)8-6-5-7-8;1-8-10(3,9-2)7-5-4-6-7/h8H,4-7H2,1-3H3;7H,4-6H2,1-3H3. The third kappa shape index (κ3) is 4.39. The average molecular weight is 335 g/mol. The molecule has 21 heavy (non-hydrogen) atoms. The minimum atomic E-state index is -1.73. The molecule has 2 rings (SSSR count). The Morgan fingerprint density at radius 3 is 1.29 bits per heavy atom. The third-order valence-electron chi connectivity index (χ3n) is 5.57. The molecule has 6 heteroatoms. The van der Waals surface area contributed by atoms with Crippen LogP contribution in [0.25, 0.3) is 0 Å². The fourth-order valence-electron chi connectivity index (χ4n) is 3.19. The summed E-state index contributed by atoms with van der Waals surface area (Å²) in [5, 5.41) is 0. The summed E-state index contributed by atoms with van der Waals surface area (Å²) in [7, 11) is 3.70. The van der Waals surface area contributed by atoms with Crippen LogP contribution in [0.2, 0.25) is 23.7 Å². The molecule has 2 aliphatic carbocycles. The molecule has 126 valence electrons. The van der Waals surface area contributed by atoms with Crippen molar-refractivity contribution in [3.05, 3.63) is 0 Å². The molecule has 0 aliphatic heterocycles. The molecule has 2 aliphatic rings. The first-order valence-electron chi connectivity index (χ1n) is 8.22. The van der Waals surface area contributed by atoms with Crippen LogP contribution in [0.5, 0.6) is 0 Å². The van der Waals surface area contributed by atoms with Crippen molar-refractivity contribution in [3.8, 4) is 0 Å². The van der Waals surface area contributed by atoms with Gasteiger partial charge in [0.1, 0.15) is 0 Å². The maximum Gasteiger partial charge on any atom is 0.340 e. The molecule has 0 heterocycles. The Morgan fingerprint density at radius 2 is 1.19 bits per heavy atom. The third-order valence-corrected chi connectivity index (χ3v) is 13.4. The minimum Gasteiger partial charge on any atom is -0.398 e. The van der Waals surface area contributed by atoms with Crippen LogP contribution in [0.3, 0.4) is 0 Å². The first-order chi connectivity index (χ1) is 10.0. The van der Waals surface area contributed by atoms with Crippen LogP contribution >= 0.6 is 0 Å². The van der Waals surface area contributed by atoms with Crippen molar-refractivity contribution in [1.29, 1.82) is 0 Å². The molecule has 0 radical (unpaired) electrons. The van der Waals surface area contributed by atoms with E-state index in [-0.39, 0.29) is 0 Å². The SMILES string of the molecule is CC[Si](OC)(OC)C1CCC1.CO[Si](C)(OC)C1CCC1. The maximum atomic E-state index is 5.56. The topological polar surface area (TPSA) is 36.9 Å². The molecule has 0 atom stereocenters. The van der Waals surface area contributed by atoms with E-state index in [9.17, 15) is 0 Å². The Kier molecular flexibility index (Phi) is 8.09. The normalized spacial score (nSPS) is 20.3. The van der Waals surface area contributed by atoms with Gasteiger partial charge in [0.05, 0.1) is 0 Å². The van der Waals surface area contributed by atoms with Crippen LogP contribution in [0.15, 0.2) is 0 Å². The van der Waals surface area contributed by atoms with Gasteiger partial charge in [0.25, 0.3) is 0 Å². The lowest BCUT2D eigenvalue weighted by atomic mass is 10.00. The van der Waals surface area contributed by atoms with E-state index in [0.29, 0.717) is 0 Å². The van der Waals surface area contributed by atoms with Gasteiger partial charge >= 0.3 is 17.1 Å². The van der Waals surface area contributed by atoms with Crippen molar-refractivity contribution in [2.24, 2.45) is 0 Å². The van der Waals surface area contributed by atoms with Crippen molar-refractivity contribution in [3.63, 3.8) is 0 Å². The van der Waals surface area contributed by atoms with E-state index in [1.54, 1.807) is 28.4 Å². The van der Waals surface area contributed by atoms with E-state index < -0.39 is 17.1 Å². The van der Waals surface area contributed by atoms with Gasteiger partial charge in [0.15, 0.2) is 0 Å². The second kappa shape index (κ2) is 8.79. The van der Waals surface area contributed by atoms with Gasteiger partial charge in [0.2, 0.25) is 0 Å². The predicted octanol–water partition coefficient (Wildman–Crippen LogP) is 4.20. The Morgan fingerprint density at radius 1 is 0.762 bits per heavy atom. The number of hydrogen-bond acceptors (Lipinski definition) is 4. The molecule has 2 fully saturated rings. The molecule has 0 N–H and O–H groups in total. The van der Waals surface area contributed by atoms with Gasteiger partial charge in [-0.2, -0.15) is 0 Å². The molecular weight excluding hydrogens is 300 g/mol. The lowest BCUT2D eigenvalue weighted by Crippen LogP contribution is -2.46. The second-order valence-corrected chi connectivity index (χ2v) is 13.9. The summed E-state index contributed by atoms with van der Waals surface area (Å²) in [4.78, 5) is 0. The summed E-state index contributed by atoms with van der Waals surface area (Å²) in [6.07, 6.45) is 7.99. The molecule has 0 aromatic carbocycles. The van der Waals surface area contributed by atoms with E-state index in [2.05, 4.69) is 13.5 Å². The van der Waals surface area contributed by atoms with Crippen molar-refractivity contribution in [1.82, 2.24) is 0 Å². The predicted molar refractivity (Wildman–Crippen MR) is 91.1 cm³/mol. The second-order valence-electron chi connectivity index (χ2n) is 6.25. The van der Waals surface area contributed by atoms with Crippen LogP contribution in [-0.2, 0) is 17.7 Å². The van der Waals surface area contributed by atoms with Crippen molar-refractivity contribution < 1.29 is 17.7 Å². The molecule has 0 unspecified atom stereocenters. The molecule has 0 amide bonds. The zero-order valence-electron chi connectivity index (χ0n) is 14.7. The maximum absolute atomic E-state index is 5.56. The summed E-state index contributed by atoms with van der Waals surface area (Å²) in [5.41, 5.74) is 1.52. The van der Waals surface area contributed by atoms with Gasteiger partial charge in [0, 0.05) is 39.5 Å². The minimum absolute atomic E-state index is 0.752. The summed E-state index contributed by atoms with van der Waals surface area (Å²) in [6, 6.07) is 1.09. The van der Waals surface area contributed by atoms with Crippen LogP contribution in [0.4, 0.5) is 0 Å². The highest BCUT2D eigenvalue weighted by Crippen LogP contribution is 2.43. The zero-order chi connectivity index (χ0) is 15.9. The molecule has 0 saturated heterocycles. The summed E-state index contributed by atoms with van der Waals surface area (Å²) in [6.45, 7) is 4.33. The van der Waals surface area contributed by atoms with Crippen LogP contribution in [-0.4, -0.2) is 45.6 Å². The first-order valence-corrected chi connectivity index (χ1v) is 12.7. The number of rotatable bonds is 7. The highest BCUT2D eigenvalue weighted by Gasteiger charge is 2.45. The first kappa shape index (κ1) is 19.3. The van der Waals surface area contributed by atoms with E-state index in [4.69, 9.17) is 17.7 Å². The highest BCUT2D eigenvalue weighted by molar-refractivity contribution is 6.69. The van der Waals surface area contributed by atoms with Crippen molar-refractivity contribution in [2.75, 3.05) is 28.4 Å². The molecule has 0 spiro atoms. The monoisotopic (exact) mass is 334 g/mol. The molecule has 0 aromatic rings. The molecule has 4 nitrogen and oxygen atoms in total. The van der Waals surface area contributed by atoms with Gasteiger partial charge in [-0.3, -0.25) is 0 Å². The van der Waals surface area contributed by atoms with Gasteiger partial charge < -0.3 is 17.7 Å². The van der Waals surface area contributed by atoms with E-state index >= 15 is 0 Å². The Hall–Kier alpha value is 0.274. The van der Waals surface area contributed by atoms with E-state index in [0.717, 1.165) is 17.1 Å². The summed E-state index contributed by atoms with van der Waals surface area (Å²) < 4.78 is 21.9. The quantitative estimate of drug-likeness (QED) is 0.654. The van der Waals surface area contributed by atoms with Gasteiger partial charge in [-0.1, -0.05) is 19.8 Å². The fraction of sp³-hybridized carbons (Fsp3) is 1.00. The number of hydrogen-bond donors (Lipinski definition) is 0. The Labute approximate surface area is 133 Å². The summed E-state index contributed by atoms with van der Waals surface area (Å²) in [5.74, 6) is 0. The lowest BCUT2D eigenvalue weighted by Gasteiger charge is -2.39. The van der Waals surface area contributed by atoms with Gasteiger partial charge in [-0.25, -0.2) is 0 Å². The fourth-order valence-corrected chi connectivity index (χ4v) is 8.76. The average Bonchev–Trinajstić information content (AvgIpc) is 2.41. The highest BCUT2D eigenvalue weighted by atomic mass is 28.4. The molecule has 0 aromatic heterocycles. The summed E-state index contributed by atoms with van der Waals surface area (Å²) >= 11 is 0. The van der Waals surface area contributed by atoms with Gasteiger partial charge in [-0.05, 0) is 38.3 Å². The van der Waals surface area contributed by atoms with E-state index in [1.165, 1.54) is 38.5 Å². The Balaban J connectivity index is 0.000000211. The lowest BCUT2D eigenvalue weighted by molar-refractivity contribution is 0.209. The van der Waals surface area contributed by atoms with Crippen molar-refractivity contribution in [2.45, 2.75) is 69.1 Å². The largest absolute Gasteiger partial charge is 0.398 e. The van der Waals surface area contributed by atoms with Gasteiger partial charge in [-0.15, -0.1) is 0 Å². The van der Waals surface area contributed by atoms with Crippen LogP contribution in [0.1, 0.15) is 45.4 Å². The van der Waals surface area contributed by atoms with Crippen molar-refractivity contribution >= 4 is 17.1 Å². The van der Waals surface area contributed by atoms with Crippen LogP contribution < -0.4 is 0 Å². The molecule has 0 bridgehead atoms. The smallest absolute Gasteiger partial charge is 0.340 e. The van der Waals surface area contributed by atoms with E-state index in [1.807, 2.05) is 0 Å². The molecular formula is C15H34O4Si2. The zero-order valence-corrected chi connectivity index (χ0v) is 16.7. The Bertz CT molecular complexity index is 277. The van der Waals surface area contributed by atoms with Crippen LogP contribution in [0, 0.1) is 0 Å². The molecule has 2 saturated carbocycles.